The number of alkyl halides is 1. The minimum Gasteiger partial charge on any atom is -0.350 e. The molecule has 1 saturated carbocycles. The number of carbonyl (C=O) groups excluding carboxylic acids is 1. The molecule has 1 heterocycles. The van der Waals surface area contributed by atoms with Gasteiger partial charge in [-0.05, 0) is 12.8 Å². The second-order valence-corrected chi connectivity index (χ2v) is 5.04. The zero-order valence-corrected chi connectivity index (χ0v) is 10.7. The van der Waals surface area contributed by atoms with E-state index in [-0.39, 0.29) is 22.7 Å². The fraction of sp³-hybridized carbons (Fsp3) is 0.545. The van der Waals surface area contributed by atoms with Gasteiger partial charge in [-0.2, -0.15) is 0 Å². The quantitative estimate of drug-likeness (QED) is 0.503. The predicted octanol–water partition coefficient (Wildman–Crippen LogP) is 1.68. The molecule has 1 aliphatic rings. The van der Waals surface area contributed by atoms with Crippen LogP contribution in [-0.4, -0.2) is 27.8 Å². The van der Waals surface area contributed by atoms with Gasteiger partial charge in [-0.3, -0.25) is 14.9 Å². The summed E-state index contributed by atoms with van der Waals surface area (Å²) in [7, 11) is 1.61. The summed E-state index contributed by atoms with van der Waals surface area (Å²) < 4.78 is 1.45. The number of carbonyl (C=O) groups is 1. The van der Waals surface area contributed by atoms with E-state index in [1.165, 1.54) is 16.8 Å². The lowest BCUT2D eigenvalue weighted by Crippen LogP contribution is -2.32. The molecule has 6 nitrogen and oxygen atoms in total. The van der Waals surface area contributed by atoms with Crippen molar-refractivity contribution < 1.29 is 9.72 Å². The number of hydrogen-bond acceptors (Lipinski definition) is 3. The van der Waals surface area contributed by atoms with Crippen LogP contribution in [0.25, 0.3) is 0 Å². The van der Waals surface area contributed by atoms with E-state index in [2.05, 4.69) is 5.32 Å². The van der Waals surface area contributed by atoms with Gasteiger partial charge in [-0.1, -0.05) is 0 Å². The highest BCUT2D eigenvalue weighted by Gasteiger charge is 2.42. The van der Waals surface area contributed by atoms with Gasteiger partial charge in [0.15, 0.2) is 0 Å². The molecule has 0 radical (unpaired) electrons. The number of aromatic nitrogens is 1. The van der Waals surface area contributed by atoms with Crippen LogP contribution in [-0.2, 0) is 7.05 Å². The molecule has 0 unspecified atom stereocenters. The normalized spacial score (nSPS) is 16.3. The van der Waals surface area contributed by atoms with Crippen LogP contribution in [0, 0.1) is 15.5 Å². The summed E-state index contributed by atoms with van der Waals surface area (Å²) in [5, 5.41) is 13.4. The monoisotopic (exact) mass is 271 g/mol. The number of rotatable bonds is 5. The lowest BCUT2D eigenvalue weighted by Gasteiger charge is -2.12. The van der Waals surface area contributed by atoms with Crippen molar-refractivity contribution in [3.63, 3.8) is 0 Å². The molecule has 1 amide bonds. The molecule has 0 saturated heterocycles. The van der Waals surface area contributed by atoms with Crippen molar-refractivity contribution in [3.8, 4) is 0 Å². The summed E-state index contributed by atoms with van der Waals surface area (Å²) >= 11 is 5.82. The maximum atomic E-state index is 11.9. The topological polar surface area (TPSA) is 77.2 Å². The van der Waals surface area contributed by atoms with Gasteiger partial charge in [-0.15, -0.1) is 11.6 Å². The first kappa shape index (κ1) is 12.9. The molecule has 1 aromatic heterocycles. The molecule has 0 aliphatic heterocycles. The molecule has 2 rings (SSSR count). The molecular weight excluding hydrogens is 258 g/mol. The van der Waals surface area contributed by atoms with Crippen LogP contribution in [0.3, 0.4) is 0 Å². The SMILES string of the molecule is Cn1cc([N+](=O)[O-])cc1C(=O)NCC1(CCl)CC1. The molecule has 0 bridgehead atoms. The highest BCUT2D eigenvalue weighted by Crippen LogP contribution is 2.45. The molecule has 1 aliphatic carbocycles. The van der Waals surface area contributed by atoms with Crippen LogP contribution in [0.4, 0.5) is 5.69 Å². The van der Waals surface area contributed by atoms with Gasteiger partial charge in [-0.25, -0.2) is 0 Å². The standard InChI is InChI=1S/C11H14ClN3O3/c1-14-5-8(15(17)18)4-9(14)10(16)13-7-11(6-12)2-3-11/h4-5H,2-3,6-7H2,1H3,(H,13,16). The summed E-state index contributed by atoms with van der Waals surface area (Å²) in [5.74, 6) is 0.225. The van der Waals surface area contributed by atoms with Crippen LogP contribution < -0.4 is 5.32 Å². The van der Waals surface area contributed by atoms with Gasteiger partial charge in [0, 0.05) is 31.0 Å². The van der Waals surface area contributed by atoms with Crippen molar-refractivity contribution >= 4 is 23.2 Å². The lowest BCUT2D eigenvalue weighted by atomic mass is 10.1. The molecule has 1 N–H and O–H groups in total. The fourth-order valence-electron chi connectivity index (χ4n) is 1.77. The second kappa shape index (κ2) is 4.61. The maximum absolute atomic E-state index is 11.9. The van der Waals surface area contributed by atoms with E-state index in [1.54, 1.807) is 7.05 Å². The minimum absolute atomic E-state index is 0.0360. The van der Waals surface area contributed by atoms with Gasteiger partial charge in [0.2, 0.25) is 0 Å². The third kappa shape index (κ3) is 2.48. The van der Waals surface area contributed by atoms with Crippen molar-refractivity contribution in [2.45, 2.75) is 12.8 Å². The van der Waals surface area contributed by atoms with Gasteiger partial charge in [0.05, 0.1) is 11.1 Å². The highest BCUT2D eigenvalue weighted by molar-refractivity contribution is 6.18. The van der Waals surface area contributed by atoms with Gasteiger partial charge in [0.1, 0.15) is 5.69 Å². The second-order valence-electron chi connectivity index (χ2n) is 4.77. The molecule has 0 aromatic carbocycles. The zero-order chi connectivity index (χ0) is 13.3. The fourth-order valence-corrected chi connectivity index (χ4v) is 2.13. The molecule has 1 fully saturated rings. The zero-order valence-electron chi connectivity index (χ0n) is 9.98. The summed E-state index contributed by atoms with van der Waals surface area (Å²) in [5.41, 5.74) is 0.238. The van der Waals surface area contributed by atoms with Crippen LogP contribution in [0.2, 0.25) is 0 Å². The van der Waals surface area contributed by atoms with Crippen LogP contribution in [0.5, 0.6) is 0 Å². The van der Waals surface area contributed by atoms with Crippen molar-refractivity contribution in [1.29, 1.82) is 0 Å². The van der Waals surface area contributed by atoms with E-state index in [4.69, 9.17) is 11.6 Å². The van der Waals surface area contributed by atoms with E-state index >= 15 is 0 Å². The van der Waals surface area contributed by atoms with Gasteiger partial charge >= 0.3 is 0 Å². The lowest BCUT2D eigenvalue weighted by molar-refractivity contribution is -0.384. The van der Waals surface area contributed by atoms with Crippen molar-refractivity contribution in [2.24, 2.45) is 12.5 Å². The van der Waals surface area contributed by atoms with Crippen LogP contribution in [0.15, 0.2) is 12.3 Å². The van der Waals surface area contributed by atoms with E-state index in [0.29, 0.717) is 12.4 Å². The molecule has 7 heteroatoms. The largest absolute Gasteiger partial charge is 0.350 e. The van der Waals surface area contributed by atoms with E-state index in [0.717, 1.165) is 12.8 Å². The number of nitrogens with one attached hydrogen (secondary N) is 1. The summed E-state index contributed by atoms with van der Waals surface area (Å²) in [6.07, 6.45) is 3.36. The molecule has 18 heavy (non-hydrogen) atoms. The average molecular weight is 272 g/mol. The summed E-state index contributed by atoms with van der Waals surface area (Å²) in [4.78, 5) is 22.0. The predicted molar refractivity (Wildman–Crippen MR) is 66.8 cm³/mol. The molecule has 0 atom stereocenters. The Morgan fingerprint density at radius 1 is 1.67 bits per heavy atom. The van der Waals surface area contributed by atoms with Gasteiger partial charge < -0.3 is 9.88 Å². The average Bonchev–Trinajstić information content (AvgIpc) is 3.02. The molecule has 0 spiro atoms. The Bertz CT molecular complexity index is 494. The third-order valence-electron chi connectivity index (χ3n) is 3.30. The summed E-state index contributed by atoms with van der Waals surface area (Å²) in [6, 6.07) is 1.27. The highest BCUT2D eigenvalue weighted by atomic mass is 35.5. The Hall–Kier alpha value is -1.56. The third-order valence-corrected chi connectivity index (χ3v) is 3.87. The Balaban J connectivity index is 2.02. The van der Waals surface area contributed by atoms with Crippen LogP contribution >= 0.6 is 11.6 Å². The summed E-state index contributed by atoms with van der Waals surface area (Å²) in [6.45, 7) is 0.522. The van der Waals surface area contributed by atoms with Crippen molar-refractivity contribution in [2.75, 3.05) is 12.4 Å². The number of hydrogen-bond donors (Lipinski definition) is 1. The van der Waals surface area contributed by atoms with Crippen molar-refractivity contribution in [3.05, 3.63) is 28.1 Å². The molecular formula is C11H14ClN3O3. The smallest absolute Gasteiger partial charge is 0.287 e. The first-order valence-corrected chi connectivity index (χ1v) is 6.16. The maximum Gasteiger partial charge on any atom is 0.287 e. The Morgan fingerprint density at radius 3 is 2.78 bits per heavy atom. The molecule has 1 aromatic rings. The first-order chi connectivity index (χ1) is 8.47. The minimum atomic E-state index is -0.516. The van der Waals surface area contributed by atoms with Crippen molar-refractivity contribution in [1.82, 2.24) is 9.88 Å². The Morgan fingerprint density at radius 2 is 2.33 bits per heavy atom. The van der Waals surface area contributed by atoms with Gasteiger partial charge in [0.25, 0.3) is 11.6 Å². The van der Waals surface area contributed by atoms with E-state index in [1.807, 2.05) is 0 Å². The van der Waals surface area contributed by atoms with E-state index in [9.17, 15) is 14.9 Å². The molecule has 98 valence electrons. The van der Waals surface area contributed by atoms with Crippen LogP contribution in [0.1, 0.15) is 23.3 Å². The Labute approximate surface area is 109 Å². The van der Waals surface area contributed by atoms with E-state index < -0.39 is 4.92 Å². The Kier molecular flexibility index (Phi) is 3.30. The number of aryl methyl sites for hydroxylation is 1. The number of nitrogens with zero attached hydrogens (tertiary/aromatic N) is 2. The number of amides is 1. The number of halogens is 1. The number of nitro groups is 1. The first-order valence-electron chi connectivity index (χ1n) is 5.62.